The Bertz CT molecular complexity index is 1260. The average Bonchev–Trinajstić information content (AvgIpc) is 3.30. The fourth-order valence-corrected chi connectivity index (χ4v) is 6.23. The SMILES string of the molecule is CC(C)(C)OC(=O)C1NCCCC1CCCB1OC(C)(C)C(C)(C)O1.CC(C)(C)OC(=O)c1ncccc1CCCB1OC(C)(C)C(C)(C)O1. The second kappa shape index (κ2) is 16.4. The van der Waals surface area contributed by atoms with Crippen LogP contribution in [0.1, 0.15) is 145 Å². The number of rotatable bonds is 10. The second-order valence-electron chi connectivity index (χ2n) is 18.1. The van der Waals surface area contributed by atoms with E-state index in [0.717, 1.165) is 63.3 Å². The van der Waals surface area contributed by atoms with E-state index < -0.39 is 11.2 Å². The van der Waals surface area contributed by atoms with E-state index >= 15 is 0 Å². The minimum Gasteiger partial charge on any atom is -0.459 e. The van der Waals surface area contributed by atoms with Crippen LogP contribution >= 0.6 is 0 Å². The van der Waals surface area contributed by atoms with Gasteiger partial charge in [-0.05, 0) is 159 Å². The minimum absolute atomic E-state index is 0.118. The summed E-state index contributed by atoms with van der Waals surface area (Å²) >= 11 is 0. The lowest BCUT2D eigenvalue weighted by atomic mass is 9.78. The van der Waals surface area contributed by atoms with Gasteiger partial charge in [0.1, 0.15) is 17.2 Å². The van der Waals surface area contributed by atoms with Crippen molar-refractivity contribution in [3.8, 4) is 0 Å². The number of carbonyl (C=O) groups is 2. The van der Waals surface area contributed by atoms with Crippen molar-refractivity contribution < 1.29 is 37.7 Å². The fraction of sp³-hybridized carbons (Fsp3) is 0.816. The highest BCUT2D eigenvalue weighted by Crippen LogP contribution is 2.39. The summed E-state index contributed by atoms with van der Waals surface area (Å²) < 4.78 is 35.2. The molecule has 3 aliphatic heterocycles. The number of nitrogens with one attached hydrogen (secondary N) is 1. The molecule has 4 heterocycles. The van der Waals surface area contributed by atoms with Crippen LogP contribution in [0.15, 0.2) is 18.3 Å². The fourth-order valence-electron chi connectivity index (χ4n) is 6.23. The molecular formula is C38H66B2N2O8. The van der Waals surface area contributed by atoms with Gasteiger partial charge in [0, 0.05) is 6.20 Å². The Morgan fingerprint density at radius 2 is 1.32 bits per heavy atom. The summed E-state index contributed by atoms with van der Waals surface area (Å²) in [4.78, 5) is 29.0. The molecule has 12 heteroatoms. The monoisotopic (exact) mass is 701 g/mol. The van der Waals surface area contributed by atoms with Crippen LogP contribution in [0.25, 0.3) is 0 Å². The molecule has 50 heavy (non-hydrogen) atoms. The Morgan fingerprint density at radius 1 is 0.820 bits per heavy atom. The molecule has 4 rings (SSSR count). The zero-order chi connectivity index (χ0) is 37.8. The summed E-state index contributed by atoms with van der Waals surface area (Å²) in [5.74, 6) is -0.169. The number of nitrogens with zero attached hydrogens (tertiary/aromatic N) is 1. The van der Waals surface area contributed by atoms with Crippen LogP contribution in [0.4, 0.5) is 0 Å². The molecule has 0 spiro atoms. The van der Waals surface area contributed by atoms with E-state index in [1.54, 1.807) is 6.20 Å². The Morgan fingerprint density at radius 3 is 1.82 bits per heavy atom. The second-order valence-corrected chi connectivity index (χ2v) is 18.1. The topological polar surface area (TPSA) is 114 Å². The molecule has 0 aromatic carbocycles. The molecule has 0 bridgehead atoms. The van der Waals surface area contributed by atoms with Crippen LogP contribution in [0, 0.1) is 5.92 Å². The van der Waals surface area contributed by atoms with Crippen molar-refractivity contribution >= 4 is 26.2 Å². The van der Waals surface area contributed by atoms with Gasteiger partial charge in [-0.1, -0.05) is 18.9 Å². The smallest absolute Gasteiger partial charge is 0.457 e. The van der Waals surface area contributed by atoms with Crippen molar-refractivity contribution in [1.82, 2.24) is 10.3 Å². The number of piperidine rings is 1. The quantitative estimate of drug-likeness (QED) is 0.193. The first kappa shape index (κ1) is 42.4. The maximum Gasteiger partial charge on any atom is 0.457 e. The van der Waals surface area contributed by atoms with E-state index in [0.29, 0.717) is 11.6 Å². The van der Waals surface area contributed by atoms with Gasteiger partial charge in [-0.25, -0.2) is 9.78 Å². The van der Waals surface area contributed by atoms with Crippen LogP contribution in [0.2, 0.25) is 12.6 Å². The number of aromatic nitrogens is 1. The lowest BCUT2D eigenvalue weighted by molar-refractivity contribution is -0.159. The molecule has 2 atom stereocenters. The molecule has 3 aliphatic rings. The lowest BCUT2D eigenvalue weighted by Gasteiger charge is -2.33. The van der Waals surface area contributed by atoms with E-state index in [9.17, 15) is 9.59 Å². The molecule has 0 amide bonds. The van der Waals surface area contributed by atoms with Gasteiger partial charge in [-0.3, -0.25) is 4.79 Å². The summed E-state index contributed by atoms with van der Waals surface area (Å²) in [6, 6.07) is 3.58. The first-order valence-corrected chi connectivity index (χ1v) is 18.7. The third-order valence-corrected chi connectivity index (χ3v) is 10.2. The molecule has 0 saturated carbocycles. The number of hydrogen-bond acceptors (Lipinski definition) is 10. The van der Waals surface area contributed by atoms with E-state index in [1.807, 2.05) is 53.7 Å². The summed E-state index contributed by atoms with van der Waals surface area (Å²) in [5, 5.41) is 3.36. The van der Waals surface area contributed by atoms with Crippen LogP contribution in [-0.2, 0) is 39.3 Å². The van der Waals surface area contributed by atoms with E-state index in [4.69, 9.17) is 28.1 Å². The van der Waals surface area contributed by atoms with Crippen LogP contribution in [-0.4, -0.2) is 77.4 Å². The normalized spacial score (nSPS) is 24.0. The van der Waals surface area contributed by atoms with Crippen molar-refractivity contribution in [1.29, 1.82) is 0 Å². The highest BCUT2D eigenvalue weighted by molar-refractivity contribution is 6.45. The Kier molecular flexibility index (Phi) is 13.9. The molecule has 2 unspecified atom stereocenters. The highest BCUT2D eigenvalue weighted by Gasteiger charge is 2.51. The third-order valence-electron chi connectivity index (χ3n) is 10.2. The minimum atomic E-state index is -0.533. The third kappa shape index (κ3) is 12.0. The molecule has 1 N–H and O–H groups in total. The van der Waals surface area contributed by atoms with Crippen molar-refractivity contribution in [2.24, 2.45) is 5.92 Å². The first-order chi connectivity index (χ1) is 22.8. The number of pyridine rings is 1. The van der Waals surface area contributed by atoms with Gasteiger partial charge in [0.25, 0.3) is 0 Å². The Balaban J connectivity index is 0.000000270. The molecule has 1 aromatic rings. The maximum atomic E-state index is 12.5. The van der Waals surface area contributed by atoms with Crippen LogP contribution < -0.4 is 5.32 Å². The number of esters is 2. The van der Waals surface area contributed by atoms with E-state index in [2.05, 4.69) is 65.7 Å². The Labute approximate surface area is 303 Å². The predicted molar refractivity (Wildman–Crippen MR) is 199 cm³/mol. The summed E-state index contributed by atoms with van der Waals surface area (Å²) in [7, 11) is -0.367. The van der Waals surface area contributed by atoms with E-state index in [1.165, 1.54) is 0 Å². The van der Waals surface area contributed by atoms with Gasteiger partial charge >= 0.3 is 26.2 Å². The van der Waals surface area contributed by atoms with Gasteiger partial charge < -0.3 is 33.4 Å². The van der Waals surface area contributed by atoms with Crippen molar-refractivity contribution in [3.63, 3.8) is 0 Å². The van der Waals surface area contributed by atoms with E-state index in [-0.39, 0.29) is 54.6 Å². The van der Waals surface area contributed by atoms with Gasteiger partial charge in [0.2, 0.25) is 0 Å². The maximum absolute atomic E-state index is 12.5. The summed E-state index contributed by atoms with van der Waals surface area (Å²) in [6.45, 7) is 28.7. The average molecular weight is 701 g/mol. The largest absolute Gasteiger partial charge is 0.459 e. The molecule has 0 radical (unpaired) electrons. The molecule has 0 aliphatic carbocycles. The van der Waals surface area contributed by atoms with Crippen molar-refractivity contribution in [2.75, 3.05) is 6.54 Å². The summed E-state index contributed by atoms with van der Waals surface area (Å²) in [6.07, 6.45) is 8.99. The van der Waals surface area contributed by atoms with Crippen molar-refractivity contribution in [3.05, 3.63) is 29.6 Å². The number of ether oxygens (including phenoxy) is 2. The molecular weight excluding hydrogens is 634 g/mol. The van der Waals surface area contributed by atoms with Crippen LogP contribution in [0.5, 0.6) is 0 Å². The molecule has 10 nitrogen and oxygen atoms in total. The molecule has 3 saturated heterocycles. The number of carbonyl (C=O) groups excluding carboxylic acids is 2. The standard InChI is InChI=1S/C19H36BNO4.C19H30BNO4/c2*1-17(2,3)23-16(22)15-14(11-9-13-21-15)10-8-12-20-24-18(4,5)19(6,7)25-20/h14-15,21H,8-13H2,1-7H3;9,11,13H,8,10,12H2,1-7H3. The highest BCUT2D eigenvalue weighted by atomic mass is 16.7. The van der Waals surface area contributed by atoms with Gasteiger partial charge in [-0.2, -0.15) is 0 Å². The van der Waals surface area contributed by atoms with Crippen molar-refractivity contribution in [2.45, 2.75) is 188 Å². The van der Waals surface area contributed by atoms with Gasteiger partial charge in [0.05, 0.1) is 22.4 Å². The van der Waals surface area contributed by atoms with Crippen LogP contribution in [0.3, 0.4) is 0 Å². The predicted octanol–water partition coefficient (Wildman–Crippen LogP) is 7.63. The van der Waals surface area contributed by atoms with Gasteiger partial charge in [-0.15, -0.1) is 0 Å². The lowest BCUT2D eigenvalue weighted by Crippen LogP contribution is -2.49. The molecule has 282 valence electrons. The first-order valence-electron chi connectivity index (χ1n) is 18.7. The molecule has 1 aromatic heterocycles. The van der Waals surface area contributed by atoms with Gasteiger partial charge in [0.15, 0.2) is 5.69 Å². The number of hydrogen-bond donors (Lipinski definition) is 1. The number of aryl methyl sites for hydroxylation is 1. The Hall–Kier alpha value is -1.98. The zero-order valence-corrected chi connectivity index (χ0v) is 33.6. The zero-order valence-electron chi connectivity index (χ0n) is 33.6. The summed E-state index contributed by atoms with van der Waals surface area (Å²) in [5.41, 5.74) is -0.856. The molecule has 3 fully saturated rings.